The van der Waals surface area contributed by atoms with Gasteiger partial charge in [-0.15, -0.1) is 0 Å². The Hall–Kier alpha value is -2.41. The molecule has 0 aliphatic carbocycles. The number of piperazine rings is 1. The highest BCUT2D eigenvalue weighted by Gasteiger charge is 2.23. The Balaban J connectivity index is 1.31. The number of benzene rings is 3. The molecule has 1 saturated heterocycles. The molecule has 7 heteroatoms. The van der Waals surface area contributed by atoms with Crippen LogP contribution in [0.2, 0.25) is 5.02 Å². The number of amides is 1. The van der Waals surface area contributed by atoms with Gasteiger partial charge < -0.3 is 9.64 Å². The lowest BCUT2D eigenvalue weighted by Crippen LogP contribution is -2.48. The van der Waals surface area contributed by atoms with Crippen molar-refractivity contribution in [3.8, 4) is 5.75 Å². The van der Waals surface area contributed by atoms with Gasteiger partial charge in [0, 0.05) is 47.8 Å². The number of carbonyl (C=O) groups excluding carboxylic acids is 1. The summed E-state index contributed by atoms with van der Waals surface area (Å²) in [7, 11) is 0. The third-order valence-electron chi connectivity index (χ3n) is 5.46. The number of halogens is 3. The Kier molecular flexibility index (Phi) is 7.45. The molecular formula is C25H23BrClFN2O2. The summed E-state index contributed by atoms with van der Waals surface area (Å²) in [6.07, 6.45) is 0. The van der Waals surface area contributed by atoms with Gasteiger partial charge in [0.25, 0.3) is 5.91 Å². The molecule has 3 aromatic carbocycles. The van der Waals surface area contributed by atoms with Crippen molar-refractivity contribution in [2.75, 3.05) is 26.2 Å². The summed E-state index contributed by atoms with van der Waals surface area (Å²) >= 11 is 9.56. The second-order valence-corrected chi connectivity index (χ2v) is 9.07. The summed E-state index contributed by atoms with van der Waals surface area (Å²) in [5, 5.41) is 0.436. The number of rotatable bonds is 6. The second-order valence-electron chi connectivity index (χ2n) is 7.75. The summed E-state index contributed by atoms with van der Waals surface area (Å²) < 4.78 is 20.1. The zero-order valence-corrected chi connectivity index (χ0v) is 19.8. The monoisotopic (exact) mass is 516 g/mol. The molecule has 32 heavy (non-hydrogen) atoms. The first-order chi connectivity index (χ1) is 15.5. The zero-order chi connectivity index (χ0) is 22.5. The van der Waals surface area contributed by atoms with E-state index < -0.39 is 0 Å². The van der Waals surface area contributed by atoms with Gasteiger partial charge in [0.15, 0.2) is 0 Å². The van der Waals surface area contributed by atoms with Gasteiger partial charge in [-0.25, -0.2) is 4.39 Å². The first-order valence-electron chi connectivity index (χ1n) is 10.4. The van der Waals surface area contributed by atoms with Gasteiger partial charge in [0.1, 0.15) is 18.2 Å². The predicted molar refractivity (Wildman–Crippen MR) is 128 cm³/mol. The third-order valence-corrected chi connectivity index (χ3v) is 6.34. The van der Waals surface area contributed by atoms with Gasteiger partial charge in [-0.3, -0.25) is 9.69 Å². The SMILES string of the molecule is O=C(c1cccc(COc2ccc(Br)cc2)c1)N1CCN(Cc2ccc(F)cc2Cl)CC1. The van der Waals surface area contributed by atoms with E-state index in [1.165, 1.54) is 12.1 Å². The number of carbonyl (C=O) groups is 1. The normalized spacial score (nSPS) is 14.4. The van der Waals surface area contributed by atoms with Crippen molar-refractivity contribution in [1.29, 1.82) is 0 Å². The van der Waals surface area contributed by atoms with Gasteiger partial charge in [-0.2, -0.15) is 0 Å². The quantitative estimate of drug-likeness (QED) is 0.416. The first kappa shape index (κ1) is 22.8. The van der Waals surface area contributed by atoms with Gasteiger partial charge in [-0.1, -0.05) is 45.7 Å². The lowest BCUT2D eigenvalue weighted by molar-refractivity contribution is 0.0628. The Morgan fingerprint density at radius 2 is 1.75 bits per heavy atom. The molecule has 1 heterocycles. The minimum Gasteiger partial charge on any atom is -0.489 e. The number of hydrogen-bond acceptors (Lipinski definition) is 3. The highest BCUT2D eigenvalue weighted by Crippen LogP contribution is 2.21. The summed E-state index contributed by atoms with van der Waals surface area (Å²) in [5.41, 5.74) is 2.51. The Morgan fingerprint density at radius 3 is 2.47 bits per heavy atom. The van der Waals surface area contributed by atoms with E-state index in [9.17, 15) is 9.18 Å². The lowest BCUT2D eigenvalue weighted by atomic mass is 10.1. The van der Waals surface area contributed by atoms with Crippen LogP contribution in [-0.4, -0.2) is 41.9 Å². The molecule has 1 aliphatic heterocycles. The van der Waals surface area contributed by atoms with Crippen LogP contribution in [0.15, 0.2) is 71.2 Å². The van der Waals surface area contributed by atoms with Crippen molar-refractivity contribution in [3.05, 3.63) is 98.7 Å². The molecule has 3 aromatic rings. The molecule has 0 saturated carbocycles. The van der Waals surface area contributed by atoms with E-state index in [4.69, 9.17) is 16.3 Å². The molecule has 0 radical (unpaired) electrons. The van der Waals surface area contributed by atoms with Crippen LogP contribution in [0.1, 0.15) is 21.5 Å². The average molecular weight is 518 g/mol. The molecule has 1 aliphatic rings. The summed E-state index contributed by atoms with van der Waals surface area (Å²) in [5.74, 6) is 0.468. The van der Waals surface area contributed by atoms with Crippen LogP contribution in [0, 0.1) is 5.82 Å². The highest BCUT2D eigenvalue weighted by molar-refractivity contribution is 9.10. The zero-order valence-electron chi connectivity index (χ0n) is 17.4. The summed E-state index contributed by atoms with van der Waals surface area (Å²) in [6, 6.07) is 19.7. The van der Waals surface area contributed by atoms with Crippen molar-refractivity contribution in [2.24, 2.45) is 0 Å². The fourth-order valence-electron chi connectivity index (χ4n) is 3.67. The van der Waals surface area contributed by atoms with Crippen molar-refractivity contribution in [3.63, 3.8) is 0 Å². The van der Waals surface area contributed by atoms with Crippen molar-refractivity contribution in [1.82, 2.24) is 9.80 Å². The van der Waals surface area contributed by atoms with E-state index in [0.29, 0.717) is 36.8 Å². The maximum Gasteiger partial charge on any atom is 0.253 e. The molecule has 0 bridgehead atoms. The van der Waals surface area contributed by atoms with Crippen LogP contribution in [0.3, 0.4) is 0 Å². The van der Waals surface area contributed by atoms with E-state index >= 15 is 0 Å². The Bertz CT molecular complexity index is 1090. The summed E-state index contributed by atoms with van der Waals surface area (Å²) in [6.45, 7) is 3.80. The minimum absolute atomic E-state index is 0.0231. The molecule has 1 amide bonds. The fourth-order valence-corrected chi connectivity index (χ4v) is 4.17. The van der Waals surface area contributed by atoms with E-state index in [2.05, 4.69) is 20.8 Å². The van der Waals surface area contributed by atoms with Crippen LogP contribution in [0.25, 0.3) is 0 Å². The largest absolute Gasteiger partial charge is 0.489 e. The van der Waals surface area contributed by atoms with Crippen molar-refractivity contribution >= 4 is 33.4 Å². The van der Waals surface area contributed by atoms with Gasteiger partial charge in [0.05, 0.1) is 0 Å². The number of hydrogen-bond donors (Lipinski definition) is 0. The Labute approximate surface area is 200 Å². The van der Waals surface area contributed by atoms with Crippen LogP contribution < -0.4 is 4.74 Å². The molecule has 0 N–H and O–H groups in total. The average Bonchev–Trinajstić information content (AvgIpc) is 2.81. The standard InChI is InChI=1S/C25H23BrClFN2O2/c26-21-5-8-23(9-6-21)32-17-18-2-1-3-19(14-18)25(31)30-12-10-29(11-13-30)16-20-4-7-22(28)15-24(20)27/h1-9,14-15H,10-13,16-17H2. The number of nitrogens with zero attached hydrogens (tertiary/aromatic N) is 2. The third kappa shape index (κ3) is 5.88. The van der Waals surface area contributed by atoms with Gasteiger partial charge >= 0.3 is 0 Å². The second kappa shape index (κ2) is 10.5. The fraction of sp³-hybridized carbons (Fsp3) is 0.240. The molecule has 0 spiro atoms. The topological polar surface area (TPSA) is 32.8 Å². The van der Waals surface area contributed by atoms with Crippen LogP contribution >= 0.6 is 27.5 Å². The molecular weight excluding hydrogens is 495 g/mol. The van der Waals surface area contributed by atoms with Crippen molar-refractivity contribution in [2.45, 2.75) is 13.2 Å². The lowest BCUT2D eigenvalue weighted by Gasteiger charge is -2.35. The molecule has 166 valence electrons. The number of ether oxygens (including phenoxy) is 1. The Morgan fingerprint density at radius 1 is 1.00 bits per heavy atom. The molecule has 0 unspecified atom stereocenters. The maximum atomic E-state index is 13.3. The van der Waals surface area contributed by atoms with Gasteiger partial charge in [0.2, 0.25) is 0 Å². The van der Waals surface area contributed by atoms with Gasteiger partial charge in [-0.05, 0) is 59.7 Å². The van der Waals surface area contributed by atoms with Crippen LogP contribution in [0.5, 0.6) is 5.75 Å². The highest BCUT2D eigenvalue weighted by atomic mass is 79.9. The van der Waals surface area contributed by atoms with Crippen LogP contribution in [0.4, 0.5) is 4.39 Å². The van der Waals surface area contributed by atoms with Crippen molar-refractivity contribution < 1.29 is 13.9 Å². The minimum atomic E-state index is -0.335. The smallest absolute Gasteiger partial charge is 0.253 e. The van der Waals surface area contributed by atoms with E-state index in [0.717, 1.165) is 34.4 Å². The molecule has 0 atom stereocenters. The van der Waals surface area contributed by atoms with E-state index in [1.807, 2.05) is 53.4 Å². The summed E-state index contributed by atoms with van der Waals surface area (Å²) in [4.78, 5) is 17.1. The van der Waals surface area contributed by atoms with Crippen LogP contribution in [-0.2, 0) is 13.2 Å². The molecule has 4 rings (SSSR count). The molecule has 4 nitrogen and oxygen atoms in total. The molecule has 1 fully saturated rings. The van der Waals surface area contributed by atoms with E-state index in [1.54, 1.807) is 6.07 Å². The predicted octanol–water partition coefficient (Wildman–Crippen LogP) is 5.78. The molecule has 0 aromatic heterocycles. The maximum absolute atomic E-state index is 13.3. The first-order valence-corrected chi connectivity index (χ1v) is 11.6. The van der Waals surface area contributed by atoms with E-state index in [-0.39, 0.29) is 11.7 Å².